The number of unbranched alkanes of at least 4 members (excludes halogenated alkanes) is 20. The van der Waals surface area contributed by atoms with Crippen LogP contribution in [-0.2, 0) is 9.59 Å². The molecular formula is C38H74O4. The Bertz CT molecular complexity index is 600. The van der Waals surface area contributed by atoms with Gasteiger partial charge >= 0.3 is 11.9 Å². The average Bonchev–Trinajstić information content (AvgIpc) is 2.92. The van der Waals surface area contributed by atoms with E-state index in [1.54, 1.807) is 0 Å². The van der Waals surface area contributed by atoms with Crippen LogP contribution in [0.25, 0.3) is 0 Å². The van der Waals surface area contributed by atoms with E-state index in [2.05, 4.69) is 27.7 Å². The maximum Gasteiger partial charge on any atom is 0.306 e. The fraction of sp³-hybridized carbons (Fsp3) is 0.947. The third-order valence-corrected chi connectivity index (χ3v) is 9.16. The van der Waals surface area contributed by atoms with Crippen LogP contribution in [0.1, 0.15) is 207 Å². The monoisotopic (exact) mass is 595 g/mol. The van der Waals surface area contributed by atoms with E-state index in [4.69, 9.17) is 0 Å². The van der Waals surface area contributed by atoms with Crippen LogP contribution in [0, 0.1) is 23.7 Å². The molecule has 0 aliphatic carbocycles. The molecular weight excluding hydrogens is 520 g/mol. The highest BCUT2D eigenvalue weighted by atomic mass is 16.4. The minimum absolute atomic E-state index is 0.00957. The summed E-state index contributed by atoms with van der Waals surface area (Å²) in [4.78, 5) is 23.4. The highest BCUT2D eigenvalue weighted by Crippen LogP contribution is 2.27. The molecule has 0 radical (unpaired) electrons. The van der Waals surface area contributed by atoms with Gasteiger partial charge < -0.3 is 10.2 Å². The van der Waals surface area contributed by atoms with Crippen molar-refractivity contribution in [3.63, 3.8) is 0 Å². The predicted octanol–water partition coefficient (Wildman–Crippen LogP) is 12.6. The van der Waals surface area contributed by atoms with E-state index in [0.717, 1.165) is 43.9 Å². The molecule has 0 saturated heterocycles. The average molecular weight is 595 g/mol. The van der Waals surface area contributed by atoms with E-state index >= 15 is 0 Å². The number of carbonyl (C=O) groups is 2. The first-order valence-electron chi connectivity index (χ1n) is 18.7. The molecule has 0 aromatic heterocycles. The van der Waals surface area contributed by atoms with Crippen molar-refractivity contribution < 1.29 is 19.8 Å². The van der Waals surface area contributed by atoms with Crippen LogP contribution in [0.3, 0.4) is 0 Å². The summed E-state index contributed by atoms with van der Waals surface area (Å²) >= 11 is 0. The van der Waals surface area contributed by atoms with Crippen LogP contribution < -0.4 is 0 Å². The van der Waals surface area contributed by atoms with Crippen molar-refractivity contribution in [2.75, 3.05) is 0 Å². The molecule has 0 bridgehead atoms. The van der Waals surface area contributed by atoms with Crippen LogP contribution in [0.2, 0.25) is 0 Å². The molecule has 0 aliphatic heterocycles. The van der Waals surface area contributed by atoms with Gasteiger partial charge in [-0.3, -0.25) is 9.59 Å². The van der Waals surface area contributed by atoms with Crippen molar-refractivity contribution >= 4 is 11.9 Å². The smallest absolute Gasteiger partial charge is 0.306 e. The molecule has 0 aromatic rings. The second-order valence-corrected chi connectivity index (χ2v) is 14.5. The van der Waals surface area contributed by atoms with Gasteiger partial charge in [-0.1, -0.05) is 182 Å². The van der Waals surface area contributed by atoms with E-state index in [1.807, 2.05) is 0 Å². The lowest BCUT2D eigenvalue weighted by Crippen LogP contribution is -2.20. The highest BCUT2D eigenvalue weighted by molar-refractivity contribution is 5.70. The Morgan fingerprint density at radius 2 is 0.714 bits per heavy atom. The molecule has 0 heterocycles. The summed E-state index contributed by atoms with van der Waals surface area (Å²) < 4.78 is 0. The second-order valence-electron chi connectivity index (χ2n) is 14.5. The molecule has 4 nitrogen and oxygen atoms in total. The van der Waals surface area contributed by atoms with Gasteiger partial charge in [0.1, 0.15) is 0 Å². The predicted molar refractivity (Wildman–Crippen MR) is 181 cm³/mol. The Morgan fingerprint density at radius 3 is 1.00 bits per heavy atom. The van der Waals surface area contributed by atoms with Gasteiger partial charge in [0.15, 0.2) is 0 Å². The number of hydrogen-bond acceptors (Lipinski definition) is 2. The van der Waals surface area contributed by atoms with Gasteiger partial charge in [-0.25, -0.2) is 0 Å². The van der Waals surface area contributed by atoms with E-state index in [0.29, 0.717) is 12.8 Å². The van der Waals surface area contributed by atoms with Gasteiger partial charge in [-0.15, -0.1) is 0 Å². The first-order valence-corrected chi connectivity index (χ1v) is 18.7. The Kier molecular flexibility index (Phi) is 29.2. The minimum Gasteiger partial charge on any atom is -0.481 e. The standard InChI is InChI=1S/C38H74O4/c1-33(2)27-23-19-15-11-7-5-9-13-17-21-25-29-35(32-37(39)40)31-36(38(41)42)30-26-22-18-14-10-6-8-12-16-20-24-28-34(3)4/h33-36H,5-32H2,1-4H3,(H,39,40)(H,41,42). The Hall–Kier alpha value is -1.06. The normalized spacial score (nSPS) is 13.2. The minimum atomic E-state index is -0.788. The molecule has 0 saturated carbocycles. The lowest BCUT2D eigenvalue weighted by Gasteiger charge is -2.20. The maximum atomic E-state index is 11.9. The third kappa shape index (κ3) is 30.4. The molecule has 0 spiro atoms. The number of carboxylic acid groups (broad SMARTS) is 2. The number of carboxylic acids is 2. The molecule has 0 amide bonds. The first kappa shape index (κ1) is 40.9. The van der Waals surface area contributed by atoms with Crippen LogP contribution in [0.4, 0.5) is 0 Å². The maximum absolute atomic E-state index is 11.9. The molecule has 2 atom stereocenters. The van der Waals surface area contributed by atoms with E-state index in [9.17, 15) is 19.8 Å². The SMILES string of the molecule is CC(C)CCCCCCCCCCCCCC(CC(=O)O)CC(CCCCCCCCCCCCCC(C)C)C(=O)O. The topological polar surface area (TPSA) is 74.6 Å². The largest absolute Gasteiger partial charge is 0.481 e. The Labute approximate surface area is 262 Å². The van der Waals surface area contributed by atoms with Crippen molar-refractivity contribution in [3.05, 3.63) is 0 Å². The van der Waals surface area contributed by atoms with E-state index < -0.39 is 17.9 Å². The number of aliphatic carboxylic acids is 2. The van der Waals surface area contributed by atoms with Crippen molar-refractivity contribution in [2.45, 2.75) is 207 Å². The van der Waals surface area contributed by atoms with Gasteiger partial charge in [-0.05, 0) is 37.0 Å². The van der Waals surface area contributed by atoms with Crippen molar-refractivity contribution in [1.29, 1.82) is 0 Å². The Balaban J connectivity index is 3.91. The van der Waals surface area contributed by atoms with Crippen molar-refractivity contribution in [3.8, 4) is 0 Å². The number of rotatable bonds is 33. The molecule has 0 rings (SSSR count). The molecule has 2 N–H and O–H groups in total. The molecule has 2 unspecified atom stereocenters. The molecule has 250 valence electrons. The van der Waals surface area contributed by atoms with E-state index in [-0.39, 0.29) is 12.3 Å². The molecule has 4 heteroatoms. The zero-order valence-electron chi connectivity index (χ0n) is 28.8. The van der Waals surface area contributed by atoms with Gasteiger partial charge in [0.25, 0.3) is 0 Å². The lowest BCUT2D eigenvalue weighted by atomic mass is 9.85. The highest BCUT2D eigenvalue weighted by Gasteiger charge is 2.23. The summed E-state index contributed by atoms with van der Waals surface area (Å²) in [6.45, 7) is 9.22. The fourth-order valence-corrected chi connectivity index (χ4v) is 6.41. The number of hydrogen-bond donors (Lipinski definition) is 2. The molecule has 0 aromatic carbocycles. The van der Waals surface area contributed by atoms with Gasteiger partial charge in [0.2, 0.25) is 0 Å². The van der Waals surface area contributed by atoms with Crippen LogP contribution in [-0.4, -0.2) is 22.2 Å². The summed E-state index contributed by atoms with van der Waals surface area (Å²) in [6, 6.07) is 0. The van der Waals surface area contributed by atoms with Crippen molar-refractivity contribution in [1.82, 2.24) is 0 Å². The summed E-state index contributed by atoms with van der Waals surface area (Å²) in [6.07, 6.45) is 33.1. The van der Waals surface area contributed by atoms with Gasteiger partial charge in [0, 0.05) is 6.42 Å². The van der Waals surface area contributed by atoms with E-state index in [1.165, 1.54) is 128 Å². The van der Waals surface area contributed by atoms with Gasteiger partial charge in [-0.2, -0.15) is 0 Å². The zero-order valence-corrected chi connectivity index (χ0v) is 28.8. The lowest BCUT2D eigenvalue weighted by molar-refractivity contribution is -0.144. The quantitative estimate of drug-likeness (QED) is 0.0741. The molecule has 0 fully saturated rings. The summed E-state index contributed by atoms with van der Waals surface area (Å²) in [5.41, 5.74) is 0. The summed E-state index contributed by atoms with van der Waals surface area (Å²) in [5.74, 6) is -0.260. The summed E-state index contributed by atoms with van der Waals surface area (Å²) in [7, 11) is 0. The van der Waals surface area contributed by atoms with Gasteiger partial charge in [0.05, 0.1) is 5.92 Å². The Morgan fingerprint density at radius 1 is 0.429 bits per heavy atom. The zero-order chi connectivity index (χ0) is 31.3. The third-order valence-electron chi connectivity index (χ3n) is 9.16. The molecule has 42 heavy (non-hydrogen) atoms. The fourth-order valence-electron chi connectivity index (χ4n) is 6.41. The first-order chi connectivity index (χ1) is 20.2. The summed E-state index contributed by atoms with van der Waals surface area (Å²) in [5, 5.41) is 19.2. The van der Waals surface area contributed by atoms with Crippen LogP contribution >= 0.6 is 0 Å². The molecule has 0 aliphatic rings. The van der Waals surface area contributed by atoms with Crippen LogP contribution in [0.15, 0.2) is 0 Å². The second kappa shape index (κ2) is 30.0. The van der Waals surface area contributed by atoms with Crippen molar-refractivity contribution in [2.24, 2.45) is 23.7 Å². The van der Waals surface area contributed by atoms with Crippen LogP contribution in [0.5, 0.6) is 0 Å².